The van der Waals surface area contributed by atoms with E-state index in [1.807, 2.05) is 0 Å². The predicted octanol–water partition coefficient (Wildman–Crippen LogP) is 3.27. The van der Waals surface area contributed by atoms with Crippen LogP contribution in [-0.2, 0) is 19.3 Å². The van der Waals surface area contributed by atoms with Crippen molar-refractivity contribution >= 4 is 0 Å². The predicted molar refractivity (Wildman–Crippen MR) is 70.1 cm³/mol. The Morgan fingerprint density at radius 3 is 2.82 bits per heavy atom. The van der Waals surface area contributed by atoms with Crippen molar-refractivity contribution in [3.05, 3.63) is 34.9 Å². The van der Waals surface area contributed by atoms with E-state index in [2.05, 4.69) is 18.2 Å². The van der Waals surface area contributed by atoms with Crippen LogP contribution in [0.3, 0.4) is 0 Å². The van der Waals surface area contributed by atoms with Gasteiger partial charge in [0.1, 0.15) is 0 Å². The molecule has 0 spiro atoms. The van der Waals surface area contributed by atoms with E-state index in [-0.39, 0.29) is 6.10 Å². The van der Waals surface area contributed by atoms with E-state index >= 15 is 0 Å². The van der Waals surface area contributed by atoms with Crippen LogP contribution >= 0.6 is 0 Å². The van der Waals surface area contributed by atoms with E-state index in [9.17, 15) is 5.11 Å². The normalized spacial score (nSPS) is 20.3. The smallest absolute Gasteiger partial charge is 0.0568 e. The first-order valence-corrected chi connectivity index (χ1v) is 7.11. The molecule has 1 nitrogen and oxygen atoms in total. The fourth-order valence-electron chi connectivity index (χ4n) is 3.01. The standard InChI is InChI=1S/C16H22O/c17-16(14-9-10-14)6-1-3-12-7-8-13-4-2-5-15(13)11-12/h7-8,11,14,16-17H,1-6,9-10H2. The molecule has 2 aliphatic rings. The summed E-state index contributed by atoms with van der Waals surface area (Å²) < 4.78 is 0. The van der Waals surface area contributed by atoms with E-state index in [4.69, 9.17) is 0 Å². The lowest BCUT2D eigenvalue weighted by molar-refractivity contribution is 0.139. The van der Waals surface area contributed by atoms with Gasteiger partial charge in [-0.25, -0.2) is 0 Å². The number of benzene rings is 1. The molecule has 1 aromatic rings. The lowest BCUT2D eigenvalue weighted by Crippen LogP contribution is -2.09. The summed E-state index contributed by atoms with van der Waals surface area (Å²) in [6.45, 7) is 0. The number of hydrogen-bond donors (Lipinski definition) is 1. The van der Waals surface area contributed by atoms with Crippen molar-refractivity contribution in [3.8, 4) is 0 Å². The average molecular weight is 230 g/mol. The first-order chi connectivity index (χ1) is 8.33. The highest BCUT2D eigenvalue weighted by molar-refractivity contribution is 5.35. The van der Waals surface area contributed by atoms with Crippen molar-refractivity contribution < 1.29 is 5.11 Å². The van der Waals surface area contributed by atoms with E-state index in [0.717, 1.165) is 19.3 Å². The van der Waals surface area contributed by atoms with Crippen LogP contribution < -0.4 is 0 Å². The Hall–Kier alpha value is -0.820. The summed E-state index contributed by atoms with van der Waals surface area (Å²) in [7, 11) is 0. The summed E-state index contributed by atoms with van der Waals surface area (Å²) in [5, 5.41) is 9.82. The zero-order chi connectivity index (χ0) is 11.7. The fourth-order valence-corrected chi connectivity index (χ4v) is 3.01. The number of aryl methyl sites for hydroxylation is 3. The highest BCUT2D eigenvalue weighted by atomic mass is 16.3. The molecule has 1 unspecified atom stereocenters. The van der Waals surface area contributed by atoms with E-state index in [0.29, 0.717) is 5.92 Å². The summed E-state index contributed by atoms with van der Waals surface area (Å²) >= 11 is 0. The second-order valence-electron chi connectivity index (χ2n) is 5.75. The number of aliphatic hydroxyl groups is 1. The van der Waals surface area contributed by atoms with Crippen molar-refractivity contribution in [2.45, 2.75) is 57.5 Å². The van der Waals surface area contributed by atoms with E-state index in [1.54, 1.807) is 11.1 Å². The minimum Gasteiger partial charge on any atom is -0.393 e. The van der Waals surface area contributed by atoms with Gasteiger partial charge in [-0.2, -0.15) is 0 Å². The highest BCUT2D eigenvalue weighted by Crippen LogP contribution is 2.34. The summed E-state index contributed by atoms with van der Waals surface area (Å²) in [6, 6.07) is 6.99. The second-order valence-corrected chi connectivity index (χ2v) is 5.75. The van der Waals surface area contributed by atoms with Gasteiger partial charge in [-0.3, -0.25) is 0 Å². The minimum absolute atomic E-state index is 0.0237. The van der Waals surface area contributed by atoms with Crippen molar-refractivity contribution in [1.82, 2.24) is 0 Å². The molecule has 0 aliphatic heterocycles. The first kappa shape index (κ1) is 11.3. The van der Waals surface area contributed by atoms with Crippen LogP contribution in [0.15, 0.2) is 18.2 Å². The Kier molecular flexibility index (Phi) is 3.19. The van der Waals surface area contributed by atoms with Gasteiger partial charge in [0.25, 0.3) is 0 Å². The monoisotopic (exact) mass is 230 g/mol. The van der Waals surface area contributed by atoms with Crippen LogP contribution in [0.25, 0.3) is 0 Å². The molecule has 0 saturated heterocycles. The van der Waals surface area contributed by atoms with E-state index < -0.39 is 0 Å². The fraction of sp³-hybridized carbons (Fsp3) is 0.625. The second kappa shape index (κ2) is 4.81. The Balaban J connectivity index is 1.51. The summed E-state index contributed by atoms with van der Waals surface area (Å²) in [5.41, 5.74) is 4.60. The maximum Gasteiger partial charge on any atom is 0.0568 e. The molecule has 0 heterocycles. The number of hydrogen-bond acceptors (Lipinski definition) is 1. The van der Waals surface area contributed by atoms with Crippen molar-refractivity contribution in [2.24, 2.45) is 5.92 Å². The van der Waals surface area contributed by atoms with Crippen LogP contribution in [0.2, 0.25) is 0 Å². The molecule has 1 fully saturated rings. The third-order valence-corrected chi connectivity index (χ3v) is 4.29. The van der Waals surface area contributed by atoms with Gasteiger partial charge in [0.2, 0.25) is 0 Å². The number of fused-ring (bicyclic) bond motifs is 1. The molecule has 17 heavy (non-hydrogen) atoms. The van der Waals surface area contributed by atoms with E-state index in [1.165, 1.54) is 37.7 Å². The van der Waals surface area contributed by atoms with Crippen molar-refractivity contribution in [1.29, 1.82) is 0 Å². The molecular weight excluding hydrogens is 208 g/mol. The van der Waals surface area contributed by atoms with Gasteiger partial charge >= 0.3 is 0 Å². The molecule has 92 valence electrons. The maximum atomic E-state index is 9.82. The molecule has 0 radical (unpaired) electrons. The molecule has 1 saturated carbocycles. The zero-order valence-electron chi connectivity index (χ0n) is 10.5. The lowest BCUT2D eigenvalue weighted by atomic mass is 10.0. The zero-order valence-corrected chi connectivity index (χ0v) is 10.5. The van der Waals surface area contributed by atoms with Crippen LogP contribution in [0.5, 0.6) is 0 Å². The van der Waals surface area contributed by atoms with Gasteiger partial charge < -0.3 is 5.11 Å². The molecule has 1 aromatic carbocycles. The van der Waals surface area contributed by atoms with Gasteiger partial charge in [0.15, 0.2) is 0 Å². The first-order valence-electron chi connectivity index (χ1n) is 7.11. The molecule has 0 bridgehead atoms. The average Bonchev–Trinajstić information content (AvgIpc) is 3.08. The van der Waals surface area contributed by atoms with Crippen LogP contribution in [-0.4, -0.2) is 11.2 Å². The third-order valence-electron chi connectivity index (χ3n) is 4.29. The molecule has 1 atom stereocenters. The summed E-state index contributed by atoms with van der Waals surface area (Å²) in [4.78, 5) is 0. The van der Waals surface area contributed by atoms with Crippen LogP contribution in [0, 0.1) is 5.92 Å². The third kappa shape index (κ3) is 2.71. The van der Waals surface area contributed by atoms with Crippen LogP contribution in [0.4, 0.5) is 0 Å². The highest BCUT2D eigenvalue weighted by Gasteiger charge is 2.28. The Labute approximate surface area is 104 Å². The van der Waals surface area contributed by atoms with Gasteiger partial charge in [-0.1, -0.05) is 18.2 Å². The minimum atomic E-state index is -0.0237. The quantitative estimate of drug-likeness (QED) is 0.823. The molecule has 1 N–H and O–H groups in total. The molecule has 0 amide bonds. The maximum absolute atomic E-state index is 9.82. The van der Waals surface area contributed by atoms with Gasteiger partial charge in [0, 0.05) is 0 Å². The Morgan fingerprint density at radius 2 is 2.00 bits per heavy atom. The molecule has 3 rings (SSSR count). The Morgan fingerprint density at radius 1 is 1.18 bits per heavy atom. The molecule has 1 heteroatoms. The van der Waals surface area contributed by atoms with Gasteiger partial charge in [-0.15, -0.1) is 0 Å². The number of aliphatic hydroxyl groups excluding tert-OH is 1. The summed E-state index contributed by atoms with van der Waals surface area (Å²) in [5.74, 6) is 0.634. The molecular formula is C16H22O. The number of rotatable bonds is 5. The van der Waals surface area contributed by atoms with Crippen molar-refractivity contribution in [3.63, 3.8) is 0 Å². The SMILES string of the molecule is OC(CCCc1ccc2c(c1)CCC2)C1CC1. The van der Waals surface area contributed by atoms with Gasteiger partial charge in [0.05, 0.1) is 6.10 Å². The summed E-state index contributed by atoms with van der Waals surface area (Å²) in [6.07, 6.45) is 9.61. The molecule has 2 aliphatic carbocycles. The van der Waals surface area contributed by atoms with Crippen molar-refractivity contribution in [2.75, 3.05) is 0 Å². The van der Waals surface area contributed by atoms with Gasteiger partial charge in [-0.05, 0) is 74.0 Å². The topological polar surface area (TPSA) is 20.2 Å². The Bertz CT molecular complexity index is 393. The van der Waals surface area contributed by atoms with Crippen LogP contribution in [0.1, 0.15) is 48.8 Å². The largest absolute Gasteiger partial charge is 0.393 e. The molecule has 0 aromatic heterocycles. The lowest BCUT2D eigenvalue weighted by Gasteiger charge is -2.09.